The summed E-state index contributed by atoms with van der Waals surface area (Å²) in [5.41, 5.74) is 5.37. The molecule has 1 aliphatic carbocycles. The fourth-order valence-corrected chi connectivity index (χ4v) is 4.67. The molecule has 1 aliphatic rings. The Hall–Kier alpha value is -2.33. The molecule has 2 heterocycles. The summed E-state index contributed by atoms with van der Waals surface area (Å²) in [6, 6.07) is 15.2. The third kappa shape index (κ3) is 2.57. The standard InChI is InChI=1S/C20H19NO2S/c1-15-8-10-18(11-9-15)24(22,23)14-16-5-4-7-20-19(16)13-17-6-2-3-12-21(17)20/h2-3,6,8-14H,4-5,7H2,1H3/b16-14+. The Bertz CT molecular complexity index is 1040. The van der Waals surface area contributed by atoms with Gasteiger partial charge in [0.1, 0.15) is 0 Å². The quantitative estimate of drug-likeness (QED) is 0.695. The Labute approximate surface area is 142 Å². The minimum absolute atomic E-state index is 0.358. The summed E-state index contributed by atoms with van der Waals surface area (Å²) in [7, 11) is -3.43. The molecule has 0 atom stereocenters. The molecule has 4 heteroatoms. The third-order valence-corrected chi connectivity index (χ3v) is 6.16. The van der Waals surface area contributed by atoms with E-state index >= 15 is 0 Å². The first kappa shape index (κ1) is 15.2. The first-order valence-electron chi connectivity index (χ1n) is 8.16. The predicted molar refractivity (Wildman–Crippen MR) is 96.7 cm³/mol. The topological polar surface area (TPSA) is 38.5 Å². The lowest BCUT2D eigenvalue weighted by atomic mass is 9.94. The van der Waals surface area contributed by atoms with Crippen molar-refractivity contribution in [2.24, 2.45) is 0 Å². The Kier molecular flexibility index (Phi) is 3.57. The second-order valence-electron chi connectivity index (χ2n) is 6.35. The molecule has 0 amide bonds. The van der Waals surface area contributed by atoms with Crippen LogP contribution >= 0.6 is 0 Å². The maximum absolute atomic E-state index is 12.8. The van der Waals surface area contributed by atoms with E-state index in [-0.39, 0.29) is 0 Å². The fraction of sp³-hybridized carbons (Fsp3) is 0.200. The highest BCUT2D eigenvalue weighted by atomic mass is 32.2. The Morgan fingerprint density at radius 2 is 1.83 bits per heavy atom. The SMILES string of the molecule is Cc1ccc(S(=O)(=O)/C=C2\CCCc3c2cc2ccccn32)cc1. The zero-order valence-electron chi connectivity index (χ0n) is 13.6. The van der Waals surface area contributed by atoms with E-state index in [2.05, 4.69) is 16.5 Å². The van der Waals surface area contributed by atoms with Crippen LogP contribution < -0.4 is 0 Å². The number of allylic oxidation sites excluding steroid dienone is 1. The van der Waals surface area contributed by atoms with Crippen LogP contribution in [-0.2, 0) is 16.3 Å². The molecule has 0 unspecified atom stereocenters. The van der Waals surface area contributed by atoms with Crippen LogP contribution in [0.15, 0.2) is 65.0 Å². The van der Waals surface area contributed by atoms with Gasteiger partial charge in [-0.25, -0.2) is 8.42 Å². The van der Waals surface area contributed by atoms with Crippen molar-refractivity contribution in [3.05, 3.63) is 77.0 Å². The summed E-state index contributed by atoms with van der Waals surface area (Å²) in [4.78, 5) is 0.358. The van der Waals surface area contributed by atoms with Gasteiger partial charge in [0.2, 0.25) is 0 Å². The minimum atomic E-state index is -3.43. The highest BCUT2D eigenvalue weighted by Crippen LogP contribution is 2.34. The van der Waals surface area contributed by atoms with Gasteiger partial charge in [-0.15, -0.1) is 0 Å². The van der Waals surface area contributed by atoms with Crippen LogP contribution in [0.5, 0.6) is 0 Å². The van der Waals surface area contributed by atoms with Gasteiger partial charge < -0.3 is 4.40 Å². The van der Waals surface area contributed by atoms with Gasteiger partial charge >= 0.3 is 0 Å². The summed E-state index contributed by atoms with van der Waals surface area (Å²) in [6.45, 7) is 1.95. The highest BCUT2D eigenvalue weighted by Gasteiger charge is 2.21. The lowest BCUT2D eigenvalue weighted by molar-refractivity contribution is 0.604. The van der Waals surface area contributed by atoms with Crippen molar-refractivity contribution in [2.75, 3.05) is 0 Å². The molecule has 2 aromatic heterocycles. The smallest absolute Gasteiger partial charge is 0.200 e. The molecule has 0 N–H and O–H groups in total. The van der Waals surface area contributed by atoms with E-state index in [1.807, 2.05) is 37.4 Å². The molecule has 0 spiro atoms. The molecule has 0 aliphatic heterocycles. The molecule has 4 rings (SSSR count). The molecule has 0 saturated heterocycles. The number of sulfone groups is 1. The second-order valence-corrected chi connectivity index (χ2v) is 8.15. The van der Waals surface area contributed by atoms with Crippen molar-refractivity contribution >= 4 is 20.9 Å². The molecule has 0 fully saturated rings. The summed E-state index contributed by atoms with van der Waals surface area (Å²) in [6.07, 6.45) is 4.80. The monoisotopic (exact) mass is 337 g/mol. The summed E-state index contributed by atoms with van der Waals surface area (Å²) in [5, 5.41) is 1.47. The molecule has 3 aromatic rings. The Balaban J connectivity index is 1.83. The number of nitrogens with zero attached hydrogens (tertiary/aromatic N) is 1. The number of hydrogen-bond acceptors (Lipinski definition) is 2. The van der Waals surface area contributed by atoms with Crippen LogP contribution in [0.2, 0.25) is 0 Å². The molecular weight excluding hydrogens is 318 g/mol. The number of aryl methyl sites for hydroxylation is 2. The van der Waals surface area contributed by atoms with Crippen LogP contribution in [0.3, 0.4) is 0 Å². The van der Waals surface area contributed by atoms with E-state index in [4.69, 9.17) is 0 Å². The van der Waals surface area contributed by atoms with Gasteiger partial charge in [0.25, 0.3) is 0 Å². The van der Waals surface area contributed by atoms with Crippen molar-refractivity contribution in [1.29, 1.82) is 0 Å². The molecule has 1 aromatic carbocycles. The van der Waals surface area contributed by atoms with Crippen molar-refractivity contribution in [2.45, 2.75) is 31.1 Å². The zero-order valence-corrected chi connectivity index (χ0v) is 14.4. The van der Waals surface area contributed by atoms with E-state index in [1.165, 1.54) is 11.1 Å². The highest BCUT2D eigenvalue weighted by molar-refractivity contribution is 7.94. The van der Waals surface area contributed by atoms with E-state index < -0.39 is 9.84 Å². The number of hydrogen-bond donors (Lipinski definition) is 0. The fourth-order valence-electron chi connectivity index (χ4n) is 3.40. The van der Waals surface area contributed by atoms with Crippen molar-refractivity contribution in [1.82, 2.24) is 4.40 Å². The van der Waals surface area contributed by atoms with Crippen LogP contribution in [0.25, 0.3) is 11.1 Å². The van der Waals surface area contributed by atoms with Gasteiger partial charge in [0.15, 0.2) is 9.84 Å². The normalized spacial score (nSPS) is 16.5. The number of rotatable bonds is 2. The molecular formula is C20H19NO2S. The average molecular weight is 337 g/mol. The lowest BCUT2D eigenvalue weighted by Gasteiger charge is -2.16. The van der Waals surface area contributed by atoms with Crippen LogP contribution in [-0.4, -0.2) is 12.8 Å². The average Bonchev–Trinajstić information content (AvgIpc) is 2.95. The third-order valence-electron chi connectivity index (χ3n) is 4.64. The molecule has 122 valence electrons. The van der Waals surface area contributed by atoms with Gasteiger partial charge in [-0.05, 0) is 62.1 Å². The predicted octanol–water partition coefficient (Wildman–Crippen LogP) is 4.40. The van der Waals surface area contributed by atoms with Crippen LogP contribution in [0, 0.1) is 6.92 Å². The molecule has 0 saturated carbocycles. The van der Waals surface area contributed by atoms with Gasteiger partial charge in [-0.2, -0.15) is 0 Å². The maximum Gasteiger partial charge on any atom is 0.200 e. The van der Waals surface area contributed by atoms with Gasteiger partial charge in [-0.1, -0.05) is 23.8 Å². The number of aromatic nitrogens is 1. The van der Waals surface area contributed by atoms with Gasteiger partial charge in [-0.3, -0.25) is 0 Å². The Morgan fingerprint density at radius 1 is 1.04 bits per heavy atom. The molecule has 24 heavy (non-hydrogen) atoms. The second kappa shape index (κ2) is 5.64. The van der Waals surface area contributed by atoms with Crippen LogP contribution in [0.1, 0.15) is 29.7 Å². The molecule has 0 bridgehead atoms. The minimum Gasteiger partial charge on any atom is -0.320 e. The zero-order chi connectivity index (χ0) is 16.7. The largest absolute Gasteiger partial charge is 0.320 e. The number of pyridine rings is 1. The van der Waals surface area contributed by atoms with Crippen molar-refractivity contribution in [3.8, 4) is 0 Å². The summed E-state index contributed by atoms with van der Waals surface area (Å²) < 4.78 is 27.7. The molecule has 0 radical (unpaired) electrons. The molecule has 3 nitrogen and oxygen atoms in total. The van der Waals surface area contributed by atoms with Crippen molar-refractivity contribution < 1.29 is 8.42 Å². The van der Waals surface area contributed by atoms with E-state index in [1.54, 1.807) is 12.1 Å². The van der Waals surface area contributed by atoms with Gasteiger partial charge in [0.05, 0.1) is 4.90 Å². The van der Waals surface area contributed by atoms with E-state index in [0.717, 1.165) is 41.5 Å². The lowest BCUT2D eigenvalue weighted by Crippen LogP contribution is -2.05. The van der Waals surface area contributed by atoms with Gasteiger partial charge in [0, 0.05) is 28.4 Å². The van der Waals surface area contributed by atoms with Crippen LogP contribution in [0.4, 0.5) is 0 Å². The number of fused-ring (bicyclic) bond motifs is 3. The Morgan fingerprint density at radius 3 is 2.62 bits per heavy atom. The maximum atomic E-state index is 12.8. The summed E-state index contributed by atoms with van der Waals surface area (Å²) >= 11 is 0. The number of benzene rings is 1. The first-order valence-corrected chi connectivity index (χ1v) is 9.71. The van der Waals surface area contributed by atoms with Crippen molar-refractivity contribution in [3.63, 3.8) is 0 Å². The summed E-state index contributed by atoms with van der Waals surface area (Å²) in [5.74, 6) is 0. The first-order chi connectivity index (χ1) is 11.5. The van der Waals surface area contributed by atoms with E-state index in [0.29, 0.717) is 4.90 Å². The van der Waals surface area contributed by atoms with E-state index in [9.17, 15) is 8.42 Å².